The zero-order chi connectivity index (χ0) is 16.8. The number of rotatable bonds is 5. The van der Waals surface area contributed by atoms with Crippen molar-refractivity contribution in [1.29, 1.82) is 0 Å². The van der Waals surface area contributed by atoms with Crippen molar-refractivity contribution in [2.24, 2.45) is 0 Å². The van der Waals surface area contributed by atoms with Gasteiger partial charge >= 0.3 is 5.97 Å². The molecule has 3 aromatic rings. The summed E-state index contributed by atoms with van der Waals surface area (Å²) in [5, 5.41) is 0. The van der Waals surface area contributed by atoms with Crippen LogP contribution in [0.5, 0.6) is 11.5 Å². The number of esters is 1. The predicted molar refractivity (Wildman–Crippen MR) is 94.2 cm³/mol. The zero-order valence-corrected chi connectivity index (χ0v) is 13.4. The van der Waals surface area contributed by atoms with E-state index >= 15 is 0 Å². The quantitative estimate of drug-likeness (QED) is 0.507. The monoisotopic (exact) mass is 318 g/mol. The summed E-state index contributed by atoms with van der Waals surface area (Å²) in [4.78, 5) is 11.8. The Hall–Kier alpha value is -3.07. The van der Waals surface area contributed by atoms with Gasteiger partial charge in [0.05, 0.1) is 0 Å². The first-order chi connectivity index (χ1) is 11.7. The molecule has 0 unspecified atom stereocenters. The molecular formula is C21H18O3. The van der Waals surface area contributed by atoms with Crippen LogP contribution in [0.1, 0.15) is 5.56 Å². The van der Waals surface area contributed by atoms with E-state index in [1.165, 1.54) is 0 Å². The second-order valence-corrected chi connectivity index (χ2v) is 5.47. The van der Waals surface area contributed by atoms with Crippen molar-refractivity contribution in [2.45, 2.75) is 6.92 Å². The number of carbonyl (C=O) groups is 1. The topological polar surface area (TPSA) is 35.5 Å². The van der Waals surface area contributed by atoms with Gasteiger partial charge in [-0.25, -0.2) is 4.79 Å². The standard InChI is InChI=1S/C21H18O3/c1-16-6-5-9-20(14-16)24-21(22)15-23-19-12-10-18(11-13-19)17-7-3-2-4-8-17/h2-14H,15H2,1H3. The Morgan fingerprint density at radius 3 is 2.21 bits per heavy atom. The van der Waals surface area contributed by atoms with Gasteiger partial charge in [0.25, 0.3) is 0 Å². The van der Waals surface area contributed by atoms with Crippen LogP contribution in [0.25, 0.3) is 11.1 Å². The third kappa shape index (κ3) is 4.23. The van der Waals surface area contributed by atoms with E-state index in [4.69, 9.17) is 9.47 Å². The van der Waals surface area contributed by atoms with Crippen molar-refractivity contribution in [3.8, 4) is 22.6 Å². The zero-order valence-electron chi connectivity index (χ0n) is 13.4. The highest BCUT2D eigenvalue weighted by molar-refractivity contribution is 5.74. The van der Waals surface area contributed by atoms with Crippen molar-refractivity contribution in [2.75, 3.05) is 6.61 Å². The Labute approximate surface area is 141 Å². The molecule has 0 atom stereocenters. The van der Waals surface area contributed by atoms with Crippen molar-refractivity contribution in [3.63, 3.8) is 0 Å². The van der Waals surface area contributed by atoms with E-state index in [-0.39, 0.29) is 6.61 Å². The van der Waals surface area contributed by atoms with Crippen molar-refractivity contribution >= 4 is 5.97 Å². The van der Waals surface area contributed by atoms with Crippen molar-refractivity contribution in [3.05, 3.63) is 84.4 Å². The van der Waals surface area contributed by atoms with Gasteiger partial charge in [-0.3, -0.25) is 0 Å². The average molecular weight is 318 g/mol. The third-order valence-corrected chi connectivity index (χ3v) is 3.54. The second kappa shape index (κ2) is 7.47. The second-order valence-electron chi connectivity index (χ2n) is 5.47. The number of hydrogen-bond acceptors (Lipinski definition) is 3. The maximum absolute atomic E-state index is 11.8. The summed E-state index contributed by atoms with van der Waals surface area (Å²) in [6.07, 6.45) is 0. The molecule has 0 saturated carbocycles. The maximum Gasteiger partial charge on any atom is 0.349 e. The van der Waals surface area contributed by atoms with E-state index in [0.29, 0.717) is 11.5 Å². The van der Waals surface area contributed by atoms with Crippen molar-refractivity contribution in [1.82, 2.24) is 0 Å². The molecule has 3 rings (SSSR count). The number of hydrogen-bond donors (Lipinski definition) is 0. The number of aryl methyl sites for hydroxylation is 1. The molecule has 0 radical (unpaired) electrons. The molecule has 3 nitrogen and oxygen atoms in total. The molecule has 0 saturated heterocycles. The lowest BCUT2D eigenvalue weighted by molar-refractivity contribution is -0.136. The fourth-order valence-electron chi connectivity index (χ4n) is 2.36. The van der Waals surface area contributed by atoms with E-state index < -0.39 is 5.97 Å². The van der Waals surface area contributed by atoms with E-state index in [1.807, 2.05) is 67.6 Å². The number of carbonyl (C=O) groups excluding carboxylic acids is 1. The van der Waals surface area contributed by atoms with Gasteiger partial charge in [0.2, 0.25) is 0 Å². The van der Waals surface area contributed by atoms with E-state index in [2.05, 4.69) is 12.1 Å². The van der Waals surface area contributed by atoms with Crippen LogP contribution in [0, 0.1) is 6.92 Å². The van der Waals surface area contributed by atoms with Crippen LogP contribution in [0.4, 0.5) is 0 Å². The summed E-state index contributed by atoms with van der Waals surface area (Å²) in [6, 6.07) is 25.1. The molecule has 0 aliphatic carbocycles. The van der Waals surface area contributed by atoms with Gasteiger partial charge in [-0.15, -0.1) is 0 Å². The minimum absolute atomic E-state index is 0.126. The van der Waals surface area contributed by atoms with Crippen LogP contribution in [0.15, 0.2) is 78.9 Å². The van der Waals surface area contributed by atoms with E-state index in [9.17, 15) is 4.79 Å². The minimum Gasteiger partial charge on any atom is -0.482 e. The van der Waals surface area contributed by atoms with Crippen LogP contribution in [-0.2, 0) is 4.79 Å². The first kappa shape index (κ1) is 15.8. The smallest absolute Gasteiger partial charge is 0.349 e. The molecule has 0 aromatic heterocycles. The normalized spacial score (nSPS) is 10.2. The Bertz CT molecular complexity index is 808. The van der Waals surface area contributed by atoms with Gasteiger partial charge in [0.1, 0.15) is 11.5 Å². The SMILES string of the molecule is Cc1cccc(OC(=O)COc2ccc(-c3ccccc3)cc2)c1. The number of benzene rings is 3. The van der Waals surface area contributed by atoms with Crippen LogP contribution in [0.2, 0.25) is 0 Å². The molecule has 3 heteroatoms. The largest absolute Gasteiger partial charge is 0.482 e. The molecule has 3 aromatic carbocycles. The molecule has 0 aliphatic heterocycles. The van der Waals surface area contributed by atoms with E-state index in [1.54, 1.807) is 6.07 Å². The predicted octanol–water partition coefficient (Wildman–Crippen LogP) is 4.65. The van der Waals surface area contributed by atoms with Crippen LogP contribution in [0.3, 0.4) is 0 Å². The Morgan fingerprint density at radius 2 is 1.50 bits per heavy atom. The van der Waals surface area contributed by atoms with Gasteiger partial charge in [-0.05, 0) is 47.9 Å². The van der Waals surface area contributed by atoms with Crippen LogP contribution < -0.4 is 9.47 Å². The first-order valence-electron chi connectivity index (χ1n) is 7.76. The lowest BCUT2D eigenvalue weighted by Crippen LogP contribution is -2.17. The molecule has 0 aliphatic rings. The Kier molecular flexibility index (Phi) is 4.92. The Balaban J connectivity index is 1.56. The summed E-state index contributed by atoms with van der Waals surface area (Å²) >= 11 is 0. The highest BCUT2D eigenvalue weighted by Crippen LogP contribution is 2.22. The molecule has 0 amide bonds. The van der Waals surface area contributed by atoms with Crippen molar-refractivity contribution < 1.29 is 14.3 Å². The summed E-state index contributed by atoms with van der Waals surface area (Å²) < 4.78 is 10.7. The summed E-state index contributed by atoms with van der Waals surface area (Å²) in [5.74, 6) is 0.742. The van der Waals surface area contributed by atoms with Gasteiger partial charge in [-0.2, -0.15) is 0 Å². The van der Waals surface area contributed by atoms with Gasteiger partial charge in [0.15, 0.2) is 6.61 Å². The fourth-order valence-corrected chi connectivity index (χ4v) is 2.36. The highest BCUT2D eigenvalue weighted by Gasteiger charge is 2.06. The first-order valence-corrected chi connectivity index (χ1v) is 7.76. The maximum atomic E-state index is 11.8. The summed E-state index contributed by atoms with van der Waals surface area (Å²) in [7, 11) is 0. The van der Waals surface area contributed by atoms with Crippen LogP contribution in [-0.4, -0.2) is 12.6 Å². The molecule has 0 spiro atoms. The highest BCUT2D eigenvalue weighted by atomic mass is 16.6. The lowest BCUT2D eigenvalue weighted by atomic mass is 10.1. The molecule has 0 bridgehead atoms. The van der Waals surface area contributed by atoms with E-state index in [0.717, 1.165) is 16.7 Å². The Morgan fingerprint density at radius 1 is 0.792 bits per heavy atom. The summed E-state index contributed by atoms with van der Waals surface area (Å²) in [5.41, 5.74) is 3.28. The van der Waals surface area contributed by atoms with Crippen LogP contribution >= 0.6 is 0 Å². The average Bonchev–Trinajstić information content (AvgIpc) is 2.61. The third-order valence-electron chi connectivity index (χ3n) is 3.54. The van der Waals surface area contributed by atoms with Gasteiger partial charge in [-0.1, -0.05) is 54.6 Å². The lowest BCUT2D eigenvalue weighted by Gasteiger charge is -2.08. The van der Waals surface area contributed by atoms with Gasteiger partial charge in [0, 0.05) is 0 Å². The molecular weight excluding hydrogens is 300 g/mol. The molecule has 0 N–H and O–H groups in total. The van der Waals surface area contributed by atoms with Gasteiger partial charge < -0.3 is 9.47 Å². The molecule has 0 fully saturated rings. The fraction of sp³-hybridized carbons (Fsp3) is 0.0952. The molecule has 0 heterocycles. The summed E-state index contributed by atoms with van der Waals surface area (Å²) in [6.45, 7) is 1.82. The minimum atomic E-state index is -0.423. The number of ether oxygens (including phenoxy) is 2. The molecule has 24 heavy (non-hydrogen) atoms. The molecule has 120 valence electrons.